The van der Waals surface area contributed by atoms with E-state index in [2.05, 4.69) is 17.3 Å². The van der Waals surface area contributed by atoms with Crippen LogP contribution in [0.2, 0.25) is 0 Å². The summed E-state index contributed by atoms with van der Waals surface area (Å²) in [7, 11) is 1.86. The lowest BCUT2D eigenvalue weighted by atomic mass is 10.1. The van der Waals surface area contributed by atoms with E-state index in [1.54, 1.807) is 4.68 Å². The summed E-state index contributed by atoms with van der Waals surface area (Å²) in [4.78, 5) is 11.8. The third kappa shape index (κ3) is 3.56. The molecule has 0 bridgehead atoms. The summed E-state index contributed by atoms with van der Waals surface area (Å²) in [6, 6.07) is -0.0581. The van der Waals surface area contributed by atoms with Crippen LogP contribution in [-0.2, 0) is 11.8 Å². The van der Waals surface area contributed by atoms with E-state index in [0.29, 0.717) is 6.42 Å². The van der Waals surface area contributed by atoms with E-state index in [9.17, 15) is 4.79 Å². The number of aryl methyl sites for hydroxylation is 2. The summed E-state index contributed by atoms with van der Waals surface area (Å²) < 4.78 is 1.76. The van der Waals surface area contributed by atoms with Gasteiger partial charge in [-0.1, -0.05) is 13.3 Å². The van der Waals surface area contributed by atoms with E-state index >= 15 is 0 Å². The van der Waals surface area contributed by atoms with E-state index in [-0.39, 0.29) is 11.9 Å². The number of aromatic nitrogens is 2. The molecular weight excluding hydrogens is 216 g/mol. The fourth-order valence-electron chi connectivity index (χ4n) is 1.86. The fraction of sp³-hybridized carbons (Fsp3) is 0.667. The minimum absolute atomic E-state index is 0.0369. The van der Waals surface area contributed by atoms with E-state index < -0.39 is 0 Å². The molecule has 1 aromatic rings. The molecule has 1 rings (SSSR count). The quantitative estimate of drug-likeness (QED) is 0.816. The summed E-state index contributed by atoms with van der Waals surface area (Å²) in [6.07, 6.45) is 2.24. The molecule has 0 aliphatic rings. The van der Waals surface area contributed by atoms with Gasteiger partial charge in [-0.05, 0) is 20.3 Å². The summed E-state index contributed by atoms with van der Waals surface area (Å²) in [5, 5.41) is 7.14. The Morgan fingerprint density at radius 2 is 2.18 bits per heavy atom. The standard InChI is InChI=1S/C12H22N4O/c1-5-6-10(13)7-11(17)14-12-8(2)15-16(4)9(12)3/h10H,5-7,13H2,1-4H3,(H,14,17). The number of hydrogen-bond donors (Lipinski definition) is 2. The van der Waals surface area contributed by atoms with Crippen LogP contribution in [0, 0.1) is 13.8 Å². The molecule has 0 aliphatic heterocycles. The molecule has 5 nitrogen and oxygen atoms in total. The van der Waals surface area contributed by atoms with Crippen molar-refractivity contribution < 1.29 is 4.79 Å². The average Bonchev–Trinajstić information content (AvgIpc) is 2.45. The molecule has 1 amide bonds. The first-order chi connectivity index (χ1) is 7.95. The van der Waals surface area contributed by atoms with Gasteiger partial charge in [-0.25, -0.2) is 0 Å². The highest BCUT2D eigenvalue weighted by molar-refractivity contribution is 5.92. The molecule has 0 aromatic carbocycles. The highest BCUT2D eigenvalue weighted by Gasteiger charge is 2.14. The largest absolute Gasteiger partial charge is 0.327 e. The Bertz CT molecular complexity index is 397. The molecule has 0 aliphatic carbocycles. The second-order valence-electron chi connectivity index (χ2n) is 4.47. The highest BCUT2D eigenvalue weighted by Crippen LogP contribution is 2.18. The molecule has 1 heterocycles. The molecule has 0 saturated carbocycles. The normalized spacial score (nSPS) is 12.5. The first-order valence-corrected chi connectivity index (χ1v) is 6.01. The second-order valence-corrected chi connectivity index (χ2v) is 4.47. The Hall–Kier alpha value is -1.36. The van der Waals surface area contributed by atoms with Crippen LogP contribution in [-0.4, -0.2) is 21.7 Å². The molecule has 1 aromatic heterocycles. The number of nitrogens with two attached hydrogens (primary N) is 1. The lowest BCUT2D eigenvalue weighted by molar-refractivity contribution is -0.116. The molecule has 0 fully saturated rings. The van der Waals surface area contributed by atoms with Crippen molar-refractivity contribution in [2.45, 2.75) is 46.1 Å². The molecule has 17 heavy (non-hydrogen) atoms. The Kier molecular flexibility index (Phi) is 4.69. The smallest absolute Gasteiger partial charge is 0.226 e. The number of rotatable bonds is 5. The van der Waals surface area contributed by atoms with Crippen molar-refractivity contribution in [1.29, 1.82) is 0 Å². The monoisotopic (exact) mass is 238 g/mol. The van der Waals surface area contributed by atoms with Crippen molar-refractivity contribution in [3.8, 4) is 0 Å². The van der Waals surface area contributed by atoms with E-state index in [0.717, 1.165) is 29.9 Å². The minimum Gasteiger partial charge on any atom is -0.327 e. The van der Waals surface area contributed by atoms with Gasteiger partial charge in [0.1, 0.15) is 0 Å². The summed E-state index contributed by atoms with van der Waals surface area (Å²) >= 11 is 0. The Morgan fingerprint density at radius 3 is 2.65 bits per heavy atom. The predicted molar refractivity (Wildman–Crippen MR) is 68.8 cm³/mol. The number of nitrogens with one attached hydrogen (secondary N) is 1. The number of nitrogens with zero attached hydrogens (tertiary/aromatic N) is 2. The van der Waals surface area contributed by atoms with Gasteiger partial charge in [0.15, 0.2) is 0 Å². The molecule has 96 valence electrons. The lowest BCUT2D eigenvalue weighted by Gasteiger charge is -2.10. The number of anilines is 1. The van der Waals surface area contributed by atoms with Gasteiger partial charge in [0, 0.05) is 19.5 Å². The number of hydrogen-bond acceptors (Lipinski definition) is 3. The van der Waals surface area contributed by atoms with Gasteiger partial charge in [-0.15, -0.1) is 0 Å². The Balaban J connectivity index is 2.62. The Morgan fingerprint density at radius 1 is 1.53 bits per heavy atom. The molecule has 5 heteroatoms. The van der Waals surface area contributed by atoms with Crippen molar-refractivity contribution in [1.82, 2.24) is 9.78 Å². The van der Waals surface area contributed by atoms with Crippen LogP contribution >= 0.6 is 0 Å². The zero-order valence-electron chi connectivity index (χ0n) is 11.1. The summed E-state index contributed by atoms with van der Waals surface area (Å²) in [5.74, 6) is -0.0369. The van der Waals surface area contributed by atoms with Crippen molar-refractivity contribution in [2.24, 2.45) is 12.8 Å². The van der Waals surface area contributed by atoms with Gasteiger partial charge in [-0.3, -0.25) is 9.48 Å². The van der Waals surface area contributed by atoms with E-state index in [4.69, 9.17) is 5.73 Å². The maximum Gasteiger partial charge on any atom is 0.226 e. The first-order valence-electron chi connectivity index (χ1n) is 6.01. The molecular formula is C12H22N4O. The zero-order valence-corrected chi connectivity index (χ0v) is 11.1. The Labute approximate surface area is 102 Å². The molecule has 1 unspecified atom stereocenters. The van der Waals surface area contributed by atoms with Crippen LogP contribution in [0.1, 0.15) is 37.6 Å². The van der Waals surface area contributed by atoms with Crippen molar-refractivity contribution in [3.05, 3.63) is 11.4 Å². The number of amides is 1. The van der Waals surface area contributed by atoms with Gasteiger partial charge < -0.3 is 11.1 Å². The average molecular weight is 238 g/mol. The summed E-state index contributed by atoms with van der Waals surface area (Å²) in [5.41, 5.74) is 8.44. The fourth-order valence-corrected chi connectivity index (χ4v) is 1.86. The number of carbonyl (C=O) groups excluding carboxylic acids is 1. The third-order valence-corrected chi connectivity index (χ3v) is 2.88. The lowest BCUT2D eigenvalue weighted by Crippen LogP contribution is -2.27. The van der Waals surface area contributed by atoms with Crippen LogP contribution < -0.4 is 11.1 Å². The van der Waals surface area contributed by atoms with Crippen LogP contribution in [0.15, 0.2) is 0 Å². The minimum atomic E-state index is -0.0581. The second kappa shape index (κ2) is 5.82. The molecule has 0 spiro atoms. The predicted octanol–water partition coefficient (Wildman–Crippen LogP) is 1.49. The topological polar surface area (TPSA) is 72.9 Å². The van der Waals surface area contributed by atoms with Crippen LogP contribution in [0.4, 0.5) is 5.69 Å². The maximum atomic E-state index is 11.8. The van der Waals surface area contributed by atoms with Crippen molar-refractivity contribution in [3.63, 3.8) is 0 Å². The molecule has 0 radical (unpaired) electrons. The molecule has 0 saturated heterocycles. The van der Waals surface area contributed by atoms with E-state index in [1.807, 2.05) is 20.9 Å². The van der Waals surface area contributed by atoms with E-state index in [1.165, 1.54) is 0 Å². The first kappa shape index (κ1) is 13.7. The van der Waals surface area contributed by atoms with Crippen molar-refractivity contribution in [2.75, 3.05) is 5.32 Å². The van der Waals surface area contributed by atoms with Gasteiger partial charge in [0.25, 0.3) is 0 Å². The van der Waals surface area contributed by atoms with Crippen LogP contribution in [0.5, 0.6) is 0 Å². The molecule has 1 atom stereocenters. The number of carbonyl (C=O) groups is 1. The van der Waals surface area contributed by atoms with Crippen LogP contribution in [0.25, 0.3) is 0 Å². The highest BCUT2D eigenvalue weighted by atomic mass is 16.1. The van der Waals surface area contributed by atoms with Gasteiger partial charge in [0.2, 0.25) is 5.91 Å². The SMILES string of the molecule is CCCC(N)CC(=O)Nc1c(C)nn(C)c1C. The van der Waals surface area contributed by atoms with Crippen LogP contribution in [0.3, 0.4) is 0 Å². The maximum absolute atomic E-state index is 11.8. The van der Waals surface area contributed by atoms with Crippen molar-refractivity contribution >= 4 is 11.6 Å². The summed E-state index contributed by atoms with van der Waals surface area (Å²) in [6.45, 7) is 5.88. The van der Waals surface area contributed by atoms with Gasteiger partial charge in [-0.2, -0.15) is 5.10 Å². The third-order valence-electron chi connectivity index (χ3n) is 2.88. The molecule has 3 N–H and O–H groups in total. The van der Waals surface area contributed by atoms with Gasteiger partial charge >= 0.3 is 0 Å². The zero-order chi connectivity index (χ0) is 13.0. The van der Waals surface area contributed by atoms with Gasteiger partial charge in [0.05, 0.1) is 17.1 Å².